The van der Waals surface area contributed by atoms with Gasteiger partial charge in [0.05, 0.1) is 20.3 Å². The number of hydrogen-bond donors (Lipinski definition) is 1. The van der Waals surface area contributed by atoms with Gasteiger partial charge in [-0.1, -0.05) is 0 Å². The van der Waals surface area contributed by atoms with E-state index in [-0.39, 0.29) is 0 Å². The van der Waals surface area contributed by atoms with Crippen molar-refractivity contribution in [3.63, 3.8) is 0 Å². The van der Waals surface area contributed by atoms with E-state index in [0.29, 0.717) is 17.2 Å². The van der Waals surface area contributed by atoms with E-state index in [4.69, 9.17) is 9.47 Å². The first-order chi connectivity index (χ1) is 10.2. The van der Waals surface area contributed by atoms with E-state index in [0.717, 1.165) is 32.1 Å². The number of aromatic nitrogens is 2. The predicted octanol–water partition coefficient (Wildman–Crippen LogP) is 1.46. The molecule has 1 spiro atoms. The van der Waals surface area contributed by atoms with Gasteiger partial charge >= 0.3 is 0 Å². The number of nitrogens with zero attached hydrogens (tertiary/aromatic N) is 3. The van der Waals surface area contributed by atoms with Crippen LogP contribution >= 0.6 is 0 Å². The zero-order valence-electron chi connectivity index (χ0n) is 12.9. The normalized spacial score (nSPS) is 25.9. The molecule has 6 heteroatoms. The van der Waals surface area contributed by atoms with Gasteiger partial charge in [-0.05, 0) is 32.2 Å². The lowest BCUT2D eigenvalue weighted by atomic mass is 9.74. The van der Waals surface area contributed by atoms with E-state index in [1.54, 1.807) is 20.3 Å². The standard InChI is InChI=1S/C15H24N4O2/c1-20-12-9-13(21-2)18-14(17-12)19-8-4-6-15(11-19)5-3-7-16-10-15/h9,16H,3-8,10-11H2,1-2H3. The summed E-state index contributed by atoms with van der Waals surface area (Å²) in [4.78, 5) is 11.3. The molecule has 6 nitrogen and oxygen atoms in total. The van der Waals surface area contributed by atoms with Crippen LogP contribution in [0.1, 0.15) is 25.7 Å². The Balaban J connectivity index is 1.82. The largest absolute Gasteiger partial charge is 0.481 e. The van der Waals surface area contributed by atoms with Crippen molar-refractivity contribution in [2.75, 3.05) is 45.3 Å². The highest BCUT2D eigenvalue weighted by Gasteiger charge is 2.37. The van der Waals surface area contributed by atoms with Crippen LogP contribution in [-0.2, 0) is 0 Å². The Kier molecular flexibility index (Phi) is 4.14. The number of anilines is 1. The number of methoxy groups -OCH3 is 2. The van der Waals surface area contributed by atoms with Gasteiger partial charge in [-0.2, -0.15) is 9.97 Å². The number of ether oxygens (including phenoxy) is 2. The first-order valence-electron chi connectivity index (χ1n) is 7.67. The van der Waals surface area contributed by atoms with E-state index in [1.165, 1.54) is 25.7 Å². The Morgan fingerprint density at radius 2 is 1.86 bits per heavy atom. The minimum atomic E-state index is 0.371. The molecule has 1 atom stereocenters. The Morgan fingerprint density at radius 1 is 1.14 bits per heavy atom. The predicted molar refractivity (Wildman–Crippen MR) is 81.1 cm³/mol. The third-order valence-corrected chi connectivity index (χ3v) is 4.59. The van der Waals surface area contributed by atoms with Crippen LogP contribution in [0.4, 0.5) is 5.95 Å². The van der Waals surface area contributed by atoms with Crippen molar-refractivity contribution >= 4 is 5.95 Å². The van der Waals surface area contributed by atoms with Crippen molar-refractivity contribution in [3.8, 4) is 11.8 Å². The van der Waals surface area contributed by atoms with Gasteiger partial charge in [0, 0.05) is 25.0 Å². The molecule has 2 aliphatic rings. The Labute approximate surface area is 125 Å². The van der Waals surface area contributed by atoms with E-state index in [2.05, 4.69) is 20.2 Å². The van der Waals surface area contributed by atoms with E-state index < -0.39 is 0 Å². The average Bonchev–Trinajstić information content (AvgIpc) is 2.55. The Bertz CT molecular complexity index is 461. The molecule has 3 rings (SSSR count). The molecule has 1 N–H and O–H groups in total. The van der Waals surface area contributed by atoms with Gasteiger partial charge in [0.15, 0.2) is 0 Å². The molecule has 2 fully saturated rings. The maximum Gasteiger partial charge on any atom is 0.231 e. The molecule has 21 heavy (non-hydrogen) atoms. The molecule has 3 heterocycles. The quantitative estimate of drug-likeness (QED) is 0.910. The van der Waals surface area contributed by atoms with Crippen molar-refractivity contribution in [2.24, 2.45) is 5.41 Å². The van der Waals surface area contributed by atoms with E-state index >= 15 is 0 Å². The molecule has 0 amide bonds. The van der Waals surface area contributed by atoms with Gasteiger partial charge < -0.3 is 19.7 Å². The lowest BCUT2D eigenvalue weighted by Crippen LogP contribution is -2.51. The van der Waals surface area contributed by atoms with Crippen molar-refractivity contribution in [1.29, 1.82) is 0 Å². The minimum absolute atomic E-state index is 0.371. The summed E-state index contributed by atoms with van der Waals surface area (Å²) in [6, 6.07) is 1.71. The zero-order valence-corrected chi connectivity index (χ0v) is 12.9. The molecule has 1 unspecified atom stereocenters. The molecular weight excluding hydrogens is 268 g/mol. The molecule has 1 aromatic rings. The first kappa shape index (κ1) is 14.4. The maximum absolute atomic E-state index is 5.26. The summed E-state index contributed by atoms with van der Waals surface area (Å²) in [5, 5.41) is 3.55. The van der Waals surface area contributed by atoms with Crippen molar-refractivity contribution in [2.45, 2.75) is 25.7 Å². The Hall–Kier alpha value is -1.56. The Morgan fingerprint density at radius 3 is 2.48 bits per heavy atom. The zero-order chi connectivity index (χ0) is 14.7. The topological polar surface area (TPSA) is 59.5 Å². The van der Waals surface area contributed by atoms with Crippen LogP contribution in [0.25, 0.3) is 0 Å². The van der Waals surface area contributed by atoms with Gasteiger partial charge in [0.1, 0.15) is 0 Å². The monoisotopic (exact) mass is 292 g/mol. The SMILES string of the molecule is COc1cc(OC)nc(N2CCCC3(CCCNC3)C2)n1. The highest BCUT2D eigenvalue weighted by atomic mass is 16.5. The van der Waals surface area contributed by atoms with Crippen LogP contribution < -0.4 is 19.7 Å². The molecular formula is C15H24N4O2. The molecule has 0 aliphatic carbocycles. The van der Waals surface area contributed by atoms with E-state index in [1.807, 2.05) is 0 Å². The molecule has 0 aromatic carbocycles. The van der Waals surface area contributed by atoms with E-state index in [9.17, 15) is 0 Å². The van der Waals surface area contributed by atoms with Gasteiger partial charge in [0.2, 0.25) is 17.7 Å². The summed E-state index contributed by atoms with van der Waals surface area (Å²) in [6.45, 7) is 4.25. The van der Waals surface area contributed by atoms with Crippen molar-refractivity contribution in [3.05, 3.63) is 6.07 Å². The van der Waals surface area contributed by atoms with Crippen LogP contribution in [0.3, 0.4) is 0 Å². The van der Waals surface area contributed by atoms with Gasteiger partial charge in [-0.15, -0.1) is 0 Å². The van der Waals surface area contributed by atoms with Gasteiger partial charge in [0.25, 0.3) is 0 Å². The second-order valence-corrected chi connectivity index (χ2v) is 6.06. The van der Waals surface area contributed by atoms with Crippen molar-refractivity contribution in [1.82, 2.24) is 15.3 Å². The number of piperidine rings is 2. The molecule has 0 bridgehead atoms. The number of hydrogen-bond acceptors (Lipinski definition) is 6. The highest BCUT2D eigenvalue weighted by molar-refractivity contribution is 5.37. The van der Waals surface area contributed by atoms with Crippen LogP contribution in [0.15, 0.2) is 6.07 Å². The first-order valence-corrected chi connectivity index (χ1v) is 7.67. The number of nitrogens with one attached hydrogen (secondary N) is 1. The van der Waals surface area contributed by atoms with Crippen LogP contribution in [0, 0.1) is 5.41 Å². The summed E-state index contributed by atoms with van der Waals surface area (Å²) in [5.41, 5.74) is 0.371. The fourth-order valence-electron chi connectivity index (χ4n) is 3.50. The molecule has 0 radical (unpaired) electrons. The number of rotatable bonds is 3. The third kappa shape index (κ3) is 3.05. The second kappa shape index (κ2) is 6.05. The summed E-state index contributed by atoms with van der Waals surface area (Å²) in [7, 11) is 3.24. The smallest absolute Gasteiger partial charge is 0.231 e. The highest BCUT2D eigenvalue weighted by Crippen LogP contribution is 2.37. The summed E-state index contributed by atoms with van der Waals surface area (Å²) in [6.07, 6.45) is 5.02. The van der Waals surface area contributed by atoms with Crippen molar-refractivity contribution < 1.29 is 9.47 Å². The molecule has 2 aliphatic heterocycles. The fraction of sp³-hybridized carbons (Fsp3) is 0.733. The summed E-state index contributed by atoms with van der Waals surface area (Å²) in [5.74, 6) is 1.83. The summed E-state index contributed by atoms with van der Waals surface area (Å²) >= 11 is 0. The minimum Gasteiger partial charge on any atom is -0.481 e. The summed E-state index contributed by atoms with van der Waals surface area (Å²) < 4.78 is 10.5. The van der Waals surface area contributed by atoms with Crippen LogP contribution in [-0.4, -0.2) is 50.4 Å². The van der Waals surface area contributed by atoms with Gasteiger partial charge in [-0.3, -0.25) is 0 Å². The van der Waals surface area contributed by atoms with Gasteiger partial charge in [-0.25, -0.2) is 0 Å². The lowest BCUT2D eigenvalue weighted by molar-refractivity contribution is 0.172. The van der Waals surface area contributed by atoms with Crippen LogP contribution in [0.2, 0.25) is 0 Å². The molecule has 0 saturated carbocycles. The second-order valence-electron chi connectivity index (χ2n) is 6.06. The molecule has 116 valence electrons. The fourth-order valence-corrected chi connectivity index (χ4v) is 3.50. The van der Waals surface area contributed by atoms with Crippen LogP contribution in [0.5, 0.6) is 11.8 Å². The molecule has 2 saturated heterocycles. The molecule has 1 aromatic heterocycles. The maximum atomic E-state index is 5.26. The third-order valence-electron chi connectivity index (χ3n) is 4.59. The lowest BCUT2D eigenvalue weighted by Gasteiger charge is -2.45. The average molecular weight is 292 g/mol.